The molecule has 0 aromatic heterocycles. The predicted octanol–water partition coefficient (Wildman–Crippen LogP) is 0.833. The van der Waals surface area contributed by atoms with Gasteiger partial charge in [-0.1, -0.05) is 18.7 Å². The van der Waals surface area contributed by atoms with Crippen molar-refractivity contribution in [3.63, 3.8) is 0 Å². The van der Waals surface area contributed by atoms with Crippen molar-refractivity contribution in [1.82, 2.24) is 4.90 Å². The fourth-order valence-electron chi connectivity index (χ4n) is 0.549. The highest BCUT2D eigenvalue weighted by molar-refractivity contribution is 5.81. The Morgan fingerprint density at radius 1 is 1.58 bits per heavy atom. The normalized spacial score (nSPS) is 10.6. The van der Waals surface area contributed by atoms with Crippen LogP contribution in [-0.4, -0.2) is 38.1 Å². The lowest BCUT2D eigenvalue weighted by Gasteiger charge is -2.03. The highest BCUT2D eigenvalue weighted by atomic mass is 16.5. The highest BCUT2D eigenvalue weighted by Crippen LogP contribution is 1.83. The quantitative estimate of drug-likeness (QED) is 0.347. The van der Waals surface area contributed by atoms with Crippen LogP contribution in [0.1, 0.15) is 0 Å². The van der Waals surface area contributed by atoms with E-state index in [2.05, 4.69) is 6.58 Å². The summed E-state index contributed by atoms with van der Waals surface area (Å²) in [6.07, 6.45) is 4.71. The van der Waals surface area contributed by atoms with E-state index in [0.29, 0.717) is 0 Å². The lowest BCUT2D eigenvalue weighted by atomic mass is 10.5. The van der Waals surface area contributed by atoms with Crippen LogP contribution in [0.3, 0.4) is 0 Å². The van der Waals surface area contributed by atoms with E-state index in [1.54, 1.807) is 6.08 Å². The fraction of sp³-hybridized carbons (Fsp3) is 0.444. The van der Waals surface area contributed by atoms with E-state index in [9.17, 15) is 4.79 Å². The smallest absolute Gasteiger partial charge is 0.330 e. The predicted molar refractivity (Wildman–Crippen MR) is 48.9 cm³/mol. The highest BCUT2D eigenvalue weighted by Gasteiger charge is 1.92. The molecule has 0 spiro atoms. The van der Waals surface area contributed by atoms with Gasteiger partial charge in [-0.05, 0) is 14.1 Å². The van der Waals surface area contributed by atoms with E-state index >= 15 is 0 Å². The lowest BCUT2D eigenvalue weighted by Crippen LogP contribution is -2.11. The third kappa shape index (κ3) is 7.02. The Morgan fingerprint density at radius 3 is 2.75 bits per heavy atom. The first kappa shape index (κ1) is 10.9. The summed E-state index contributed by atoms with van der Waals surface area (Å²) in [4.78, 5) is 12.8. The van der Waals surface area contributed by atoms with Gasteiger partial charge in [-0.25, -0.2) is 4.79 Å². The molecule has 0 unspecified atom stereocenters. The van der Waals surface area contributed by atoms with Crippen molar-refractivity contribution in [2.24, 2.45) is 0 Å². The summed E-state index contributed by atoms with van der Waals surface area (Å²) in [5.74, 6) is -0.322. The number of hydrogen-bond donors (Lipinski definition) is 0. The summed E-state index contributed by atoms with van der Waals surface area (Å²) in [5.41, 5.74) is 0. The van der Waals surface area contributed by atoms with Gasteiger partial charge in [0.1, 0.15) is 6.61 Å². The maximum atomic E-state index is 10.8. The van der Waals surface area contributed by atoms with Crippen molar-refractivity contribution >= 4 is 5.97 Å². The Morgan fingerprint density at radius 2 is 2.25 bits per heavy atom. The van der Waals surface area contributed by atoms with Crippen molar-refractivity contribution in [2.75, 3.05) is 27.2 Å². The first-order chi connectivity index (χ1) is 5.66. The van der Waals surface area contributed by atoms with Gasteiger partial charge in [-0.15, -0.1) is 0 Å². The van der Waals surface area contributed by atoms with Gasteiger partial charge >= 0.3 is 5.97 Å². The number of hydrogen-bond acceptors (Lipinski definition) is 3. The summed E-state index contributed by atoms with van der Waals surface area (Å²) >= 11 is 0. The minimum Gasteiger partial charge on any atom is -0.458 e. The molecule has 3 heteroatoms. The minimum absolute atomic E-state index is 0.269. The topological polar surface area (TPSA) is 29.5 Å². The SMILES string of the molecule is C=CCOC(=O)/C=C/CN(C)C. The van der Waals surface area contributed by atoms with Crippen LogP contribution in [0.15, 0.2) is 24.8 Å². The maximum absolute atomic E-state index is 10.8. The molecule has 0 aliphatic carbocycles. The average Bonchev–Trinajstić information content (AvgIpc) is 2.00. The summed E-state index contributed by atoms with van der Waals surface area (Å²) in [7, 11) is 3.86. The Kier molecular flexibility index (Phi) is 6.01. The van der Waals surface area contributed by atoms with E-state index in [1.807, 2.05) is 19.0 Å². The van der Waals surface area contributed by atoms with E-state index in [-0.39, 0.29) is 12.6 Å². The molecule has 0 N–H and O–H groups in total. The fourth-order valence-corrected chi connectivity index (χ4v) is 0.549. The Hall–Kier alpha value is -1.09. The zero-order chi connectivity index (χ0) is 9.40. The van der Waals surface area contributed by atoms with Gasteiger partial charge in [-0.3, -0.25) is 0 Å². The molecule has 0 bridgehead atoms. The van der Waals surface area contributed by atoms with Crippen LogP contribution in [0.25, 0.3) is 0 Å². The van der Waals surface area contributed by atoms with Crippen LogP contribution in [0.2, 0.25) is 0 Å². The average molecular weight is 169 g/mol. The Labute approximate surface area is 73.3 Å². The minimum atomic E-state index is -0.322. The molecule has 0 saturated carbocycles. The van der Waals surface area contributed by atoms with Crippen LogP contribution in [-0.2, 0) is 9.53 Å². The van der Waals surface area contributed by atoms with Crippen LogP contribution in [0, 0.1) is 0 Å². The van der Waals surface area contributed by atoms with Crippen LogP contribution in [0.4, 0.5) is 0 Å². The second-order valence-electron chi connectivity index (χ2n) is 2.58. The van der Waals surface area contributed by atoms with Crippen molar-refractivity contribution in [3.8, 4) is 0 Å². The van der Waals surface area contributed by atoms with E-state index in [0.717, 1.165) is 6.54 Å². The number of carbonyl (C=O) groups excluding carboxylic acids is 1. The van der Waals surface area contributed by atoms with Gasteiger partial charge in [0.15, 0.2) is 0 Å². The molecule has 0 aromatic carbocycles. The number of rotatable bonds is 5. The molecule has 0 saturated heterocycles. The van der Waals surface area contributed by atoms with Gasteiger partial charge < -0.3 is 9.64 Å². The molecule has 0 amide bonds. The van der Waals surface area contributed by atoms with Crippen molar-refractivity contribution < 1.29 is 9.53 Å². The standard InChI is InChI=1S/C9H15NO2/c1-4-8-12-9(11)6-5-7-10(2)3/h4-6H,1,7-8H2,2-3H3/b6-5+. The molecule has 3 nitrogen and oxygen atoms in total. The second-order valence-corrected chi connectivity index (χ2v) is 2.58. The third-order valence-corrected chi connectivity index (χ3v) is 1.07. The number of likely N-dealkylation sites (N-methyl/N-ethyl adjacent to an activating group) is 1. The van der Waals surface area contributed by atoms with Gasteiger partial charge in [0, 0.05) is 12.6 Å². The first-order valence-electron chi connectivity index (χ1n) is 3.75. The zero-order valence-electron chi connectivity index (χ0n) is 7.62. The molecule has 0 radical (unpaired) electrons. The van der Waals surface area contributed by atoms with Crippen LogP contribution in [0.5, 0.6) is 0 Å². The van der Waals surface area contributed by atoms with Crippen LogP contribution < -0.4 is 0 Å². The molecular formula is C9H15NO2. The molecule has 0 aliphatic rings. The number of esters is 1. The van der Waals surface area contributed by atoms with Crippen molar-refractivity contribution in [3.05, 3.63) is 24.8 Å². The van der Waals surface area contributed by atoms with E-state index < -0.39 is 0 Å². The van der Waals surface area contributed by atoms with Gasteiger partial charge in [0.25, 0.3) is 0 Å². The lowest BCUT2D eigenvalue weighted by molar-refractivity contribution is -0.136. The third-order valence-electron chi connectivity index (χ3n) is 1.07. The van der Waals surface area contributed by atoms with Gasteiger partial charge in [0.05, 0.1) is 0 Å². The Balaban J connectivity index is 3.53. The van der Waals surface area contributed by atoms with Crippen LogP contribution >= 0.6 is 0 Å². The molecule has 0 fully saturated rings. The number of nitrogens with zero attached hydrogens (tertiary/aromatic N) is 1. The monoisotopic (exact) mass is 169 g/mol. The van der Waals surface area contributed by atoms with E-state index in [4.69, 9.17) is 4.74 Å². The van der Waals surface area contributed by atoms with E-state index in [1.165, 1.54) is 12.2 Å². The number of carbonyl (C=O) groups is 1. The second kappa shape index (κ2) is 6.61. The number of ether oxygens (including phenoxy) is 1. The molecule has 0 atom stereocenters. The van der Waals surface area contributed by atoms with Gasteiger partial charge in [-0.2, -0.15) is 0 Å². The first-order valence-corrected chi connectivity index (χ1v) is 3.75. The summed E-state index contributed by atoms with van der Waals surface area (Å²) in [6.45, 7) is 4.44. The Bertz CT molecular complexity index is 173. The maximum Gasteiger partial charge on any atom is 0.330 e. The summed E-state index contributed by atoms with van der Waals surface area (Å²) < 4.78 is 4.71. The molecule has 0 aromatic rings. The molecule has 12 heavy (non-hydrogen) atoms. The summed E-state index contributed by atoms with van der Waals surface area (Å²) in [6, 6.07) is 0. The van der Waals surface area contributed by atoms with Gasteiger partial charge in [0.2, 0.25) is 0 Å². The van der Waals surface area contributed by atoms with Crippen molar-refractivity contribution in [1.29, 1.82) is 0 Å². The largest absolute Gasteiger partial charge is 0.458 e. The molecular weight excluding hydrogens is 154 g/mol. The molecule has 68 valence electrons. The summed E-state index contributed by atoms with van der Waals surface area (Å²) in [5, 5.41) is 0. The molecule has 0 rings (SSSR count). The van der Waals surface area contributed by atoms with Crippen molar-refractivity contribution in [2.45, 2.75) is 0 Å². The zero-order valence-corrected chi connectivity index (χ0v) is 7.62. The molecule has 0 heterocycles. The molecule has 0 aliphatic heterocycles.